The molecule has 0 unspecified atom stereocenters. The molecule has 7 heteroatoms. The molecule has 0 saturated heterocycles. The quantitative estimate of drug-likeness (QED) is 0.754. The number of hydrogen-bond donors (Lipinski definition) is 1. The van der Waals surface area contributed by atoms with E-state index in [1.807, 2.05) is 12.1 Å². The number of halogens is 1. The van der Waals surface area contributed by atoms with Gasteiger partial charge < -0.3 is 14.8 Å². The molecule has 1 amide bonds. The molecule has 0 bridgehead atoms. The maximum atomic E-state index is 12.5. The van der Waals surface area contributed by atoms with Crippen LogP contribution in [0.2, 0.25) is 5.02 Å². The second-order valence-electron chi connectivity index (χ2n) is 5.21. The SMILES string of the molecule is COc1cc(OC)cc(C(=O)Nc2ccc(-n3cc(Cl)cn3)cc2)c1. The van der Waals surface area contributed by atoms with Crippen molar-refractivity contribution in [2.75, 3.05) is 19.5 Å². The van der Waals surface area contributed by atoms with Crippen LogP contribution < -0.4 is 14.8 Å². The number of methoxy groups -OCH3 is 2. The van der Waals surface area contributed by atoms with E-state index in [1.54, 1.807) is 47.4 Å². The molecule has 0 aliphatic heterocycles. The lowest BCUT2D eigenvalue weighted by Crippen LogP contribution is -2.12. The lowest BCUT2D eigenvalue weighted by atomic mass is 10.1. The van der Waals surface area contributed by atoms with Crippen molar-refractivity contribution in [1.82, 2.24) is 9.78 Å². The van der Waals surface area contributed by atoms with Crippen LogP contribution in [-0.4, -0.2) is 29.9 Å². The van der Waals surface area contributed by atoms with Crippen molar-refractivity contribution in [3.8, 4) is 17.2 Å². The Balaban J connectivity index is 1.77. The summed E-state index contributed by atoms with van der Waals surface area (Å²) in [5.74, 6) is 0.845. The maximum Gasteiger partial charge on any atom is 0.255 e. The standard InChI is InChI=1S/C18H16ClN3O3/c1-24-16-7-12(8-17(9-16)25-2)18(23)21-14-3-5-15(6-4-14)22-11-13(19)10-20-22/h3-11H,1-2H3,(H,21,23). The molecule has 0 atom stereocenters. The van der Waals surface area contributed by atoms with E-state index < -0.39 is 0 Å². The summed E-state index contributed by atoms with van der Waals surface area (Å²) in [6, 6.07) is 12.3. The van der Waals surface area contributed by atoms with Gasteiger partial charge in [-0.2, -0.15) is 5.10 Å². The van der Waals surface area contributed by atoms with Crippen LogP contribution in [0.15, 0.2) is 54.9 Å². The molecule has 0 spiro atoms. The minimum absolute atomic E-state index is 0.257. The van der Waals surface area contributed by atoms with E-state index in [-0.39, 0.29) is 5.91 Å². The highest BCUT2D eigenvalue weighted by atomic mass is 35.5. The molecule has 6 nitrogen and oxygen atoms in total. The highest BCUT2D eigenvalue weighted by Gasteiger charge is 2.10. The zero-order valence-corrected chi connectivity index (χ0v) is 14.4. The Morgan fingerprint density at radius 1 is 1.08 bits per heavy atom. The molecule has 3 aromatic rings. The first-order chi connectivity index (χ1) is 12.1. The largest absolute Gasteiger partial charge is 0.497 e. The van der Waals surface area contributed by atoms with Crippen LogP contribution in [0.4, 0.5) is 5.69 Å². The number of benzene rings is 2. The third-order valence-electron chi connectivity index (χ3n) is 3.55. The van der Waals surface area contributed by atoms with E-state index in [2.05, 4.69) is 10.4 Å². The molecule has 128 valence electrons. The third kappa shape index (κ3) is 3.92. The Hall–Kier alpha value is -2.99. The molecule has 2 aromatic carbocycles. The van der Waals surface area contributed by atoms with E-state index in [0.717, 1.165) is 5.69 Å². The highest BCUT2D eigenvalue weighted by molar-refractivity contribution is 6.30. The molecule has 0 aliphatic rings. The Kier molecular flexibility index (Phi) is 4.90. The fourth-order valence-corrected chi connectivity index (χ4v) is 2.42. The van der Waals surface area contributed by atoms with Crippen molar-refractivity contribution in [3.05, 3.63) is 65.4 Å². The summed E-state index contributed by atoms with van der Waals surface area (Å²) in [7, 11) is 3.08. The molecule has 0 aliphatic carbocycles. The summed E-state index contributed by atoms with van der Waals surface area (Å²) in [6.07, 6.45) is 3.27. The predicted octanol–water partition coefficient (Wildman–Crippen LogP) is 3.80. The number of nitrogens with one attached hydrogen (secondary N) is 1. The average Bonchev–Trinajstić information content (AvgIpc) is 3.08. The molecule has 0 fully saturated rings. The Labute approximate surface area is 149 Å². The number of nitrogens with zero attached hydrogens (tertiary/aromatic N) is 2. The van der Waals surface area contributed by atoms with E-state index in [4.69, 9.17) is 21.1 Å². The second-order valence-corrected chi connectivity index (χ2v) is 5.64. The van der Waals surface area contributed by atoms with Crippen LogP contribution in [0.5, 0.6) is 11.5 Å². The van der Waals surface area contributed by atoms with Crippen molar-refractivity contribution in [2.24, 2.45) is 0 Å². The number of amides is 1. The van der Waals surface area contributed by atoms with Gasteiger partial charge in [0, 0.05) is 23.5 Å². The van der Waals surface area contributed by atoms with Crippen LogP contribution in [0, 0.1) is 0 Å². The number of carbonyl (C=O) groups is 1. The van der Waals surface area contributed by atoms with Gasteiger partial charge in [0.25, 0.3) is 5.91 Å². The van der Waals surface area contributed by atoms with Crippen molar-refractivity contribution in [1.29, 1.82) is 0 Å². The number of rotatable bonds is 5. The maximum absolute atomic E-state index is 12.5. The molecule has 25 heavy (non-hydrogen) atoms. The van der Waals surface area contributed by atoms with Gasteiger partial charge in [-0.3, -0.25) is 4.79 Å². The molecule has 1 aromatic heterocycles. The average molecular weight is 358 g/mol. The Bertz CT molecular complexity index is 869. The van der Waals surface area contributed by atoms with E-state index >= 15 is 0 Å². The van der Waals surface area contributed by atoms with E-state index in [1.165, 1.54) is 14.2 Å². The number of aromatic nitrogens is 2. The number of hydrogen-bond acceptors (Lipinski definition) is 4. The van der Waals surface area contributed by atoms with Crippen LogP contribution in [0.25, 0.3) is 5.69 Å². The van der Waals surface area contributed by atoms with Gasteiger partial charge in [0.15, 0.2) is 0 Å². The lowest BCUT2D eigenvalue weighted by molar-refractivity contribution is 0.102. The lowest BCUT2D eigenvalue weighted by Gasteiger charge is -2.10. The first kappa shape index (κ1) is 16.9. The smallest absolute Gasteiger partial charge is 0.255 e. The molecular weight excluding hydrogens is 342 g/mol. The van der Waals surface area contributed by atoms with Crippen LogP contribution in [0.3, 0.4) is 0 Å². The fraction of sp³-hybridized carbons (Fsp3) is 0.111. The van der Waals surface area contributed by atoms with Crippen LogP contribution in [0.1, 0.15) is 10.4 Å². The third-order valence-corrected chi connectivity index (χ3v) is 3.75. The van der Waals surface area contributed by atoms with Gasteiger partial charge >= 0.3 is 0 Å². The molecule has 0 radical (unpaired) electrons. The number of ether oxygens (including phenoxy) is 2. The van der Waals surface area contributed by atoms with Crippen LogP contribution in [-0.2, 0) is 0 Å². The summed E-state index contributed by atoms with van der Waals surface area (Å²) in [5, 5.41) is 7.53. The van der Waals surface area contributed by atoms with Gasteiger partial charge in [-0.05, 0) is 36.4 Å². The number of anilines is 1. The van der Waals surface area contributed by atoms with Gasteiger partial charge in [-0.1, -0.05) is 11.6 Å². The first-order valence-corrected chi connectivity index (χ1v) is 7.82. The zero-order valence-electron chi connectivity index (χ0n) is 13.7. The van der Waals surface area contributed by atoms with Gasteiger partial charge in [0.05, 0.1) is 31.1 Å². The van der Waals surface area contributed by atoms with E-state index in [0.29, 0.717) is 27.8 Å². The van der Waals surface area contributed by atoms with Crippen molar-refractivity contribution in [3.63, 3.8) is 0 Å². The van der Waals surface area contributed by atoms with Gasteiger partial charge in [0.2, 0.25) is 0 Å². The summed E-state index contributed by atoms with van der Waals surface area (Å²) in [4.78, 5) is 12.5. The van der Waals surface area contributed by atoms with Crippen molar-refractivity contribution < 1.29 is 14.3 Å². The minimum atomic E-state index is -0.257. The fourth-order valence-electron chi connectivity index (χ4n) is 2.28. The van der Waals surface area contributed by atoms with Crippen molar-refractivity contribution in [2.45, 2.75) is 0 Å². The van der Waals surface area contributed by atoms with E-state index in [9.17, 15) is 4.79 Å². The summed E-state index contributed by atoms with van der Waals surface area (Å²) < 4.78 is 12.0. The van der Waals surface area contributed by atoms with Gasteiger partial charge in [-0.15, -0.1) is 0 Å². The Morgan fingerprint density at radius 2 is 1.72 bits per heavy atom. The molecule has 1 heterocycles. The first-order valence-electron chi connectivity index (χ1n) is 7.44. The molecular formula is C18H16ClN3O3. The topological polar surface area (TPSA) is 65.4 Å². The molecule has 0 saturated carbocycles. The van der Waals surface area contributed by atoms with Gasteiger partial charge in [-0.25, -0.2) is 4.68 Å². The second kappa shape index (κ2) is 7.27. The molecule has 1 N–H and O–H groups in total. The zero-order chi connectivity index (χ0) is 17.8. The van der Waals surface area contributed by atoms with Gasteiger partial charge in [0.1, 0.15) is 11.5 Å². The van der Waals surface area contributed by atoms with Crippen LogP contribution >= 0.6 is 11.6 Å². The Morgan fingerprint density at radius 3 is 2.24 bits per heavy atom. The number of carbonyl (C=O) groups excluding carboxylic acids is 1. The summed E-state index contributed by atoms with van der Waals surface area (Å²) in [5.41, 5.74) is 1.95. The highest BCUT2D eigenvalue weighted by Crippen LogP contribution is 2.23. The molecule has 3 rings (SSSR count). The minimum Gasteiger partial charge on any atom is -0.497 e. The summed E-state index contributed by atoms with van der Waals surface area (Å²) in [6.45, 7) is 0. The normalized spacial score (nSPS) is 10.4. The van der Waals surface area contributed by atoms with Crippen molar-refractivity contribution >= 4 is 23.2 Å². The monoisotopic (exact) mass is 357 g/mol. The predicted molar refractivity (Wildman–Crippen MR) is 96.1 cm³/mol. The summed E-state index contributed by atoms with van der Waals surface area (Å²) >= 11 is 5.87.